The van der Waals surface area contributed by atoms with Crippen LogP contribution in [-0.4, -0.2) is 26.3 Å². The Bertz CT molecular complexity index is 2570. The van der Waals surface area contributed by atoms with Crippen molar-refractivity contribution in [3.05, 3.63) is 168 Å². The number of carbonyl (C=O) groups excluding carboxylic acids is 2. The van der Waals surface area contributed by atoms with E-state index < -0.39 is 0 Å². The van der Waals surface area contributed by atoms with E-state index >= 15 is 0 Å². The van der Waals surface area contributed by atoms with Crippen molar-refractivity contribution in [2.24, 2.45) is 0 Å². The Hall–Kier alpha value is -6.66. The molecule has 0 saturated heterocycles. The normalized spacial score (nSPS) is 12.6. The molecule has 3 aromatic heterocycles. The zero-order valence-corrected chi connectivity index (χ0v) is 27.5. The largest absolute Gasteiger partial charge is 0.308 e. The van der Waals surface area contributed by atoms with E-state index in [1.54, 1.807) is 6.07 Å². The molecule has 1 aliphatic rings. The summed E-state index contributed by atoms with van der Waals surface area (Å²) in [5.41, 5.74) is 12.2. The number of amides is 2. The minimum absolute atomic E-state index is 0.332. The number of nitrogens with zero attached hydrogens (tertiary/aromatic N) is 4. The first-order valence-electron chi connectivity index (χ1n) is 16.6. The Balaban J connectivity index is 1.28. The standard InChI is InChI=1S/C44H30N4O2/c1-27-25-45-21-19-32(27)30-15-17-39-36(23-30)37-24-31(33-20-22-46-26-28(33)2)16-18-40(37)47(39)41-14-8-12-35-42(41)44(50)48(43(35)49)38-13-7-6-11-34(38)29-9-4-3-5-10-29/h3-26H,1-2H3. The van der Waals surface area contributed by atoms with Gasteiger partial charge in [0, 0.05) is 41.1 Å². The average Bonchev–Trinajstić information content (AvgIpc) is 3.61. The molecule has 0 unspecified atom stereocenters. The molecule has 1 aliphatic heterocycles. The molecule has 2 amide bonds. The van der Waals surface area contributed by atoms with E-state index in [2.05, 4.69) is 64.8 Å². The maximum atomic E-state index is 14.6. The minimum atomic E-state index is -0.341. The second-order valence-electron chi connectivity index (χ2n) is 12.7. The predicted octanol–water partition coefficient (Wildman–Crippen LogP) is 9.99. The Morgan fingerprint density at radius 1 is 0.480 bits per heavy atom. The van der Waals surface area contributed by atoms with Gasteiger partial charge >= 0.3 is 0 Å². The van der Waals surface area contributed by atoms with E-state index in [-0.39, 0.29) is 11.8 Å². The van der Waals surface area contributed by atoms with Crippen LogP contribution < -0.4 is 4.90 Å². The van der Waals surface area contributed by atoms with Crippen molar-refractivity contribution >= 4 is 39.3 Å². The Morgan fingerprint density at radius 2 is 1.04 bits per heavy atom. The molecule has 6 nitrogen and oxygen atoms in total. The van der Waals surface area contributed by atoms with Crippen LogP contribution in [0.15, 0.2) is 146 Å². The topological polar surface area (TPSA) is 68.1 Å². The van der Waals surface area contributed by atoms with Crippen molar-refractivity contribution in [3.8, 4) is 39.1 Å². The molecule has 0 radical (unpaired) electrons. The number of fused-ring (bicyclic) bond motifs is 4. The van der Waals surface area contributed by atoms with Crippen molar-refractivity contribution in [2.45, 2.75) is 13.8 Å². The highest BCUT2D eigenvalue weighted by Crippen LogP contribution is 2.42. The number of carbonyl (C=O) groups is 2. The summed E-state index contributed by atoms with van der Waals surface area (Å²) in [4.78, 5) is 38.7. The van der Waals surface area contributed by atoms with Gasteiger partial charge in [0.05, 0.1) is 33.5 Å². The summed E-state index contributed by atoms with van der Waals surface area (Å²) in [7, 11) is 0. The quantitative estimate of drug-likeness (QED) is 0.175. The number of hydrogen-bond donors (Lipinski definition) is 0. The number of imide groups is 1. The second-order valence-corrected chi connectivity index (χ2v) is 12.7. The molecule has 50 heavy (non-hydrogen) atoms. The number of pyridine rings is 2. The van der Waals surface area contributed by atoms with E-state index in [0.717, 1.165) is 66.3 Å². The van der Waals surface area contributed by atoms with E-state index in [1.165, 1.54) is 4.90 Å². The van der Waals surface area contributed by atoms with E-state index in [1.807, 2.05) is 104 Å². The number of hydrogen-bond acceptors (Lipinski definition) is 4. The Labute approximate surface area is 288 Å². The van der Waals surface area contributed by atoms with Crippen LogP contribution in [0.25, 0.3) is 60.9 Å². The molecule has 9 rings (SSSR count). The summed E-state index contributed by atoms with van der Waals surface area (Å²) in [5, 5.41) is 2.09. The van der Waals surface area contributed by atoms with Crippen molar-refractivity contribution in [1.82, 2.24) is 14.5 Å². The number of anilines is 1. The van der Waals surface area contributed by atoms with Gasteiger partial charge in [-0.2, -0.15) is 0 Å². The van der Waals surface area contributed by atoms with Gasteiger partial charge in [-0.25, -0.2) is 4.90 Å². The molecule has 0 N–H and O–H groups in total. The van der Waals surface area contributed by atoms with Crippen molar-refractivity contribution < 1.29 is 9.59 Å². The first kappa shape index (κ1) is 29.5. The molecule has 0 spiro atoms. The zero-order valence-electron chi connectivity index (χ0n) is 27.5. The molecule has 4 heterocycles. The fourth-order valence-corrected chi connectivity index (χ4v) is 7.42. The van der Waals surface area contributed by atoms with Gasteiger partial charge in [0.2, 0.25) is 0 Å². The lowest BCUT2D eigenvalue weighted by atomic mass is 9.98. The van der Waals surface area contributed by atoms with Crippen LogP contribution in [0, 0.1) is 13.8 Å². The van der Waals surface area contributed by atoms with Crippen LogP contribution in [0.5, 0.6) is 0 Å². The zero-order chi connectivity index (χ0) is 33.9. The molecule has 8 aromatic rings. The third kappa shape index (κ3) is 4.49. The molecule has 0 fully saturated rings. The van der Waals surface area contributed by atoms with Gasteiger partial charge in [0.25, 0.3) is 11.8 Å². The van der Waals surface area contributed by atoms with Crippen LogP contribution in [0.2, 0.25) is 0 Å². The third-order valence-corrected chi connectivity index (χ3v) is 9.79. The van der Waals surface area contributed by atoms with Crippen molar-refractivity contribution in [1.29, 1.82) is 0 Å². The van der Waals surface area contributed by atoms with E-state index in [9.17, 15) is 9.59 Å². The van der Waals surface area contributed by atoms with Gasteiger partial charge in [0.1, 0.15) is 0 Å². The number of rotatable bonds is 5. The fourth-order valence-electron chi connectivity index (χ4n) is 7.42. The summed E-state index contributed by atoms with van der Waals surface area (Å²) in [5.74, 6) is -0.672. The molecule has 0 bridgehead atoms. The molecule has 0 aliphatic carbocycles. The number of benzene rings is 5. The molecular formula is C44H30N4O2. The van der Waals surface area contributed by atoms with Gasteiger partial charge in [-0.1, -0.05) is 66.7 Å². The van der Waals surface area contributed by atoms with Crippen LogP contribution in [0.4, 0.5) is 5.69 Å². The summed E-state index contributed by atoms with van der Waals surface area (Å²) < 4.78 is 2.13. The predicted molar refractivity (Wildman–Crippen MR) is 200 cm³/mol. The molecule has 238 valence electrons. The van der Waals surface area contributed by atoms with E-state index in [4.69, 9.17) is 0 Å². The molecule has 6 heteroatoms. The summed E-state index contributed by atoms with van der Waals surface area (Å²) in [6.07, 6.45) is 7.39. The van der Waals surface area contributed by atoms with Crippen LogP contribution in [-0.2, 0) is 0 Å². The lowest BCUT2D eigenvalue weighted by Crippen LogP contribution is -2.30. The molecule has 0 saturated carbocycles. The monoisotopic (exact) mass is 646 g/mol. The van der Waals surface area contributed by atoms with E-state index in [0.29, 0.717) is 22.5 Å². The maximum Gasteiger partial charge on any atom is 0.268 e. The second kappa shape index (κ2) is 11.5. The Kier molecular flexibility index (Phi) is 6.78. The highest BCUT2D eigenvalue weighted by atomic mass is 16.2. The highest BCUT2D eigenvalue weighted by Gasteiger charge is 2.40. The lowest BCUT2D eigenvalue weighted by Gasteiger charge is -2.18. The molecule has 5 aromatic carbocycles. The van der Waals surface area contributed by atoms with Crippen molar-refractivity contribution in [3.63, 3.8) is 0 Å². The van der Waals surface area contributed by atoms with Gasteiger partial charge in [-0.05, 0) is 107 Å². The van der Waals surface area contributed by atoms with Gasteiger partial charge < -0.3 is 4.57 Å². The van der Waals surface area contributed by atoms with Crippen LogP contribution in [0.1, 0.15) is 31.8 Å². The molecule has 0 atom stereocenters. The number of para-hydroxylation sites is 1. The SMILES string of the molecule is Cc1cnccc1-c1ccc2c(c1)c1cc(-c3ccncc3C)ccc1n2-c1cccc2c1C(=O)N(c1ccccc1-c1ccccc1)C2=O. The van der Waals surface area contributed by atoms with Gasteiger partial charge in [-0.3, -0.25) is 19.6 Å². The van der Waals surface area contributed by atoms with Crippen molar-refractivity contribution in [2.75, 3.05) is 4.90 Å². The smallest absolute Gasteiger partial charge is 0.268 e. The number of aromatic nitrogens is 3. The molecular weight excluding hydrogens is 617 g/mol. The Morgan fingerprint density at radius 3 is 1.66 bits per heavy atom. The van der Waals surface area contributed by atoms with Gasteiger partial charge in [0.15, 0.2) is 0 Å². The summed E-state index contributed by atoms with van der Waals surface area (Å²) in [6, 6.07) is 40.0. The van der Waals surface area contributed by atoms with Gasteiger partial charge in [-0.15, -0.1) is 0 Å². The third-order valence-electron chi connectivity index (χ3n) is 9.79. The first-order chi connectivity index (χ1) is 24.5. The minimum Gasteiger partial charge on any atom is -0.308 e. The first-order valence-corrected chi connectivity index (χ1v) is 16.6. The van der Waals surface area contributed by atoms with Crippen LogP contribution in [0.3, 0.4) is 0 Å². The summed E-state index contributed by atoms with van der Waals surface area (Å²) in [6.45, 7) is 4.13. The summed E-state index contributed by atoms with van der Waals surface area (Å²) >= 11 is 0. The lowest BCUT2D eigenvalue weighted by molar-refractivity contribution is 0.0926. The highest BCUT2D eigenvalue weighted by molar-refractivity contribution is 6.36. The van der Waals surface area contributed by atoms with Crippen LogP contribution >= 0.6 is 0 Å². The fraction of sp³-hybridized carbons (Fsp3) is 0.0455. The average molecular weight is 647 g/mol. The maximum absolute atomic E-state index is 14.6. The number of aryl methyl sites for hydroxylation is 2.